The van der Waals surface area contributed by atoms with Crippen molar-refractivity contribution in [2.75, 3.05) is 5.73 Å². The number of nitrogens with two attached hydrogens (primary N) is 1. The van der Waals surface area contributed by atoms with Gasteiger partial charge in [-0.25, -0.2) is 4.68 Å². The van der Waals surface area contributed by atoms with Crippen LogP contribution in [-0.4, -0.2) is 9.78 Å². The molecule has 84 valence electrons. The minimum Gasteiger partial charge on any atom is -0.399 e. The average Bonchev–Trinajstić information content (AvgIpc) is 2.76. The molecule has 0 saturated heterocycles. The summed E-state index contributed by atoms with van der Waals surface area (Å²) in [5.74, 6) is 0. The molecule has 0 aliphatic rings. The molecule has 2 aromatic carbocycles. The van der Waals surface area contributed by atoms with Crippen molar-refractivity contribution in [1.29, 1.82) is 0 Å². The molecule has 0 aliphatic heterocycles. The summed E-state index contributed by atoms with van der Waals surface area (Å²) in [4.78, 5) is 0. The van der Waals surface area contributed by atoms with Gasteiger partial charge in [0.25, 0.3) is 0 Å². The molecule has 0 fully saturated rings. The second-order valence-electron chi connectivity index (χ2n) is 4.16. The van der Waals surface area contributed by atoms with E-state index >= 15 is 0 Å². The first-order valence-electron chi connectivity index (χ1n) is 5.55. The van der Waals surface area contributed by atoms with Crippen molar-refractivity contribution in [3.8, 4) is 5.69 Å². The average molecular weight is 223 g/mol. The van der Waals surface area contributed by atoms with Crippen LogP contribution >= 0.6 is 0 Å². The summed E-state index contributed by atoms with van der Waals surface area (Å²) < 4.78 is 1.93. The highest BCUT2D eigenvalue weighted by Gasteiger charge is 2.06. The number of nitrogen functional groups attached to an aromatic ring is 1. The molecular weight excluding hydrogens is 210 g/mol. The van der Waals surface area contributed by atoms with Gasteiger partial charge in [0.05, 0.1) is 17.4 Å². The van der Waals surface area contributed by atoms with E-state index in [0.29, 0.717) is 0 Å². The third kappa shape index (κ3) is 1.56. The van der Waals surface area contributed by atoms with Gasteiger partial charge in [0.15, 0.2) is 0 Å². The smallest absolute Gasteiger partial charge is 0.0741 e. The zero-order valence-electron chi connectivity index (χ0n) is 9.59. The molecule has 0 saturated carbocycles. The molecule has 2 N–H and O–H groups in total. The van der Waals surface area contributed by atoms with E-state index in [9.17, 15) is 0 Å². The minimum absolute atomic E-state index is 0.755. The van der Waals surface area contributed by atoms with Crippen molar-refractivity contribution >= 4 is 16.6 Å². The second kappa shape index (κ2) is 3.63. The summed E-state index contributed by atoms with van der Waals surface area (Å²) in [5.41, 5.74) is 9.88. The Morgan fingerprint density at radius 3 is 2.82 bits per heavy atom. The van der Waals surface area contributed by atoms with Crippen LogP contribution in [0.2, 0.25) is 0 Å². The summed E-state index contributed by atoms with van der Waals surface area (Å²) in [7, 11) is 0. The largest absolute Gasteiger partial charge is 0.399 e. The van der Waals surface area contributed by atoms with Gasteiger partial charge in [-0.15, -0.1) is 0 Å². The highest BCUT2D eigenvalue weighted by atomic mass is 15.3. The minimum atomic E-state index is 0.755. The molecular formula is C14H13N3. The number of benzene rings is 2. The van der Waals surface area contributed by atoms with Gasteiger partial charge in [-0.05, 0) is 30.7 Å². The number of hydrogen-bond acceptors (Lipinski definition) is 2. The standard InChI is InChI=1S/C14H13N3/c1-10-6-7-12(15)8-14(10)17-13-5-3-2-4-11(13)9-16-17/h2-9H,15H2,1H3. The number of nitrogens with zero attached hydrogens (tertiary/aromatic N) is 2. The van der Waals surface area contributed by atoms with Crippen molar-refractivity contribution in [1.82, 2.24) is 9.78 Å². The zero-order valence-corrected chi connectivity index (χ0v) is 9.59. The van der Waals surface area contributed by atoms with Gasteiger partial charge in [0.2, 0.25) is 0 Å². The van der Waals surface area contributed by atoms with Gasteiger partial charge in [-0.2, -0.15) is 5.10 Å². The number of anilines is 1. The fourth-order valence-electron chi connectivity index (χ4n) is 2.02. The van der Waals surface area contributed by atoms with Crippen molar-refractivity contribution in [3.05, 3.63) is 54.2 Å². The molecule has 0 aliphatic carbocycles. The van der Waals surface area contributed by atoms with E-state index in [0.717, 1.165) is 27.8 Å². The maximum Gasteiger partial charge on any atom is 0.0741 e. The Labute approximate surface area is 99.5 Å². The molecule has 3 rings (SSSR count). The topological polar surface area (TPSA) is 43.8 Å². The molecule has 0 spiro atoms. The SMILES string of the molecule is Cc1ccc(N)cc1-n1ncc2ccccc21. The highest BCUT2D eigenvalue weighted by molar-refractivity contribution is 5.80. The maximum atomic E-state index is 5.84. The van der Waals surface area contributed by atoms with Crippen LogP contribution in [-0.2, 0) is 0 Å². The Morgan fingerprint density at radius 1 is 1.12 bits per heavy atom. The van der Waals surface area contributed by atoms with Gasteiger partial charge in [0, 0.05) is 11.1 Å². The molecule has 17 heavy (non-hydrogen) atoms. The van der Waals surface area contributed by atoms with Gasteiger partial charge in [-0.1, -0.05) is 24.3 Å². The fraction of sp³-hybridized carbons (Fsp3) is 0.0714. The van der Waals surface area contributed by atoms with Crippen LogP contribution < -0.4 is 5.73 Å². The van der Waals surface area contributed by atoms with E-state index in [1.54, 1.807) is 0 Å². The summed E-state index contributed by atoms with van der Waals surface area (Å²) in [5, 5.41) is 5.56. The van der Waals surface area contributed by atoms with E-state index in [4.69, 9.17) is 5.73 Å². The van der Waals surface area contributed by atoms with Crippen LogP contribution in [0.5, 0.6) is 0 Å². The Morgan fingerprint density at radius 2 is 1.94 bits per heavy atom. The Kier molecular flexibility index (Phi) is 2.11. The van der Waals surface area contributed by atoms with Gasteiger partial charge in [-0.3, -0.25) is 0 Å². The van der Waals surface area contributed by atoms with Gasteiger partial charge >= 0.3 is 0 Å². The van der Waals surface area contributed by atoms with Crippen LogP contribution in [0.25, 0.3) is 16.6 Å². The first-order valence-corrected chi connectivity index (χ1v) is 5.55. The first-order chi connectivity index (χ1) is 8.25. The number of hydrogen-bond donors (Lipinski definition) is 1. The van der Waals surface area contributed by atoms with E-state index < -0.39 is 0 Å². The van der Waals surface area contributed by atoms with Crippen molar-refractivity contribution < 1.29 is 0 Å². The van der Waals surface area contributed by atoms with Crippen LogP contribution in [0.3, 0.4) is 0 Å². The summed E-state index contributed by atoms with van der Waals surface area (Å²) in [6.07, 6.45) is 1.87. The van der Waals surface area contributed by atoms with Gasteiger partial charge in [0.1, 0.15) is 0 Å². The van der Waals surface area contributed by atoms with E-state index in [1.165, 1.54) is 0 Å². The molecule has 0 radical (unpaired) electrons. The third-order valence-electron chi connectivity index (χ3n) is 2.94. The number of para-hydroxylation sites is 1. The zero-order chi connectivity index (χ0) is 11.8. The Bertz CT molecular complexity index is 683. The lowest BCUT2D eigenvalue weighted by Crippen LogP contribution is -2.00. The lowest BCUT2D eigenvalue weighted by Gasteiger charge is -2.08. The van der Waals surface area contributed by atoms with Crippen LogP contribution in [0.15, 0.2) is 48.7 Å². The van der Waals surface area contributed by atoms with E-state index in [1.807, 2.05) is 41.2 Å². The Balaban J connectivity index is 2.31. The number of aryl methyl sites for hydroxylation is 1. The van der Waals surface area contributed by atoms with Crippen molar-refractivity contribution in [3.63, 3.8) is 0 Å². The maximum absolute atomic E-state index is 5.84. The van der Waals surface area contributed by atoms with E-state index in [-0.39, 0.29) is 0 Å². The number of rotatable bonds is 1. The normalized spacial score (nSPS) is 10.9. The molecule has 0 amide bonds. The monoisotopic (exact) mass is 223 g/mol. The predicted molar refractivity (Wildman–Crippen MR) is 70.2 cm³/mol. The molecule has 0 atom stereocenters. The molecule has 3 nitrogen and oxygen atoms in total. The van der Waals surface area contributed by atoms with Crippen LogP contribution in [0.4, 0.5) is 5.69 Å². The van der Waals surface area contributed by atoms with Crippen LogP contribution in [0.1, 0.15) is 5.56 Å². The number of fused-ring (bicyclic) bond motifs is 1. The molecule has 1 aromatic heterocycles. The highest BCUT2D eigenvalue weighted by Crippen LogP contribution is 2.22. The van der Waals surface area contributed by atoms with Crippen LogP contribution in [0, 0.1) is 6.92 Å². The van der Waals surface area contributed by atoms with Gasteiger partial charge < -0.3 is 5.73 Å². The summed E-state index contributed by atoms with van der Waals surface area (Å²) in [6, 6.07) is 14.0. The fourth-order valence-corrected chi connectivity index (χ4v) is 2.02. The van der Waals surface area contributed by atoms with Crippen molar-refractivity contribution in [2.24, 2.45) is 0 Å². The van der Waals surface area contributed by atoms with Crippen molar-refractivity contribution in [2.45, 2.75) is 6.92 Å². The molecule has 3 heteroatoms. The quantitative estimate of drug-likeness (QED) is 0.644. The third-order valence-corrected chi connectivity index (χ3v) is 2.94. The Hall–Kier alpha value is -2.29. The first kappa shape index (κ1) is 9.90. The lowest BCUT2D eigenvalue weighted by molar-refractivity contribution is 0.903. The molecule has 3 aromatic rings. The van der Waals surface area contributed by atoms with E-state index in [2.05, 4.69) is 24.2 Å². The lowest BCUT2D eigenvalue weighted by atomic mass is 10.2. The molecule has 0 unspecified atom stereocenters. The summed E-state index contributed by atoms with van der Waals surface area (Å²) >= 11 is 0. The summed E-state index contributed by atoms with van der Waals surface area (Å²) in [6.45, 7) is 2.06. The number of aromatic nitrogens is 2. The second-order valence-corrected chi connectivity index (χ2v) is 4.16. The molecule has 1 heterocycles. The predicted octanol–water partition coefficient (Wildman–Crippen LogP) is 2.92. The molecule has 0 bridgehead atoms.